The van der Waals surface area contributed by atoms with Gasteiger partial charge in [-0.2, -0.15) is 0 Å². The van der Waals surface area contributed by atoms with Crippen LogP contribution < -0.4 is 15.1 Å². The van der Waals surface area contributed by atoms with Crippen LogP contribution in [-0.2, 0) is 9.84 Å². The summed E-state index contributed by atoms with van der Waals surface area (Å²) in [5.74, 6) is -1.83. The summed E-state index contributed by atoms with van der Waals surface area (Å²) in [4.78, 5) is 3.81. The van der Waals surface area contributed by atoms with Crippen molar-refractivity contribution in [2.24, 2.45) is 0 Å². The van der Waals surface area contributed by atoms with Gasteiger partial charge in [-0.25, -0.2) is 17.2 Å². The Morgan fingerprint density at radius 2 is 1.61 bits per heavy atom. The second kappa shape index (κ2) is 8.45. The molecule has 1 aliphatic rings. The van der Waals surface area contributed by atoms with E-state index in [4.69, 9.17) is 0 Å². The van der Waals surface area contributed by atoms with Crippen LogP contribution in [0, 0.1) is 11.6 Å². The molecular weight excluding hydrogens is 384 g/mol. The molecule has 0 aromatic heterocycles. The first kappa shape index (κ1) is 20.5. The summed E-state index contributed by atoms with van der Waals surface area (Å²) >= 11 is 0. The maximum Gasteiger partial charge on any atom is 0.208 e. The number of hydrogen-bond acceptors (Lipinski definition) is 5. The monoisotopic (exact) mass is 409 g/mol. The minimum Gasteiger partial charge on any atom is -0.371 e. The van der Waals surface area contributed by atoms with Gasteiger partial charge in [0.15, 0.2) is 0 Å². The second-order valence-corrected chi connectivity index (χ2v) is 8.59. The number of rotatable bonds is 6. The number of anilines is 2. The maximum atomic E-state index is 13.6. The normalized spacial score (nSPS) is 14.9. The van der Waals surface area contributed by atoms with Gasteiger partial charge in [0, 0.05) is 51.0 Å². The fourth-order valence-corrected chi connectivity index (χ4v) is 4.97. The molecule has 1 heterocycles. The average Bonchev–Trinajstić information content (AvgIpc) is 2.69. The quantitative estimate of drug-likeness (QED) is 0.795. The maximum absolute atomic E-state index is 13.6. The highest BCUT2D eigenvalue weighted by Gasteiger charge is 2.26. The molecular formula is C20H25F2N3O2S. The molecule has 0 amide bonds. The van der Waals surface area contributed by atoms with Crippen molar-refractivity contribution in [1.82, 2.24) is 5.32 Å². The summed E-state index contributed by atoms with van der Waals surface area (Å²) in [5, 5.41) is 3.29. The molecule has 0 spiro atoms. The van der Waals surface area contributed by atoms with Gasteiger partial charge in [0.1, 0.15) is 11.6 Å². The summed E-state index contributed by atoms with van der Waals surface area (Å²) < 4.78 is 53.7. The van der Waals surface area contributed by atoms with Gasteiger partial charge in [0.25, 0.3) is 0 Å². The molecule has 8 heteroatoms. The zero-order valence-electron chi connectivity index (χ0n) is 16.1. The van der Waals surface area contributed by atoms with E-state index in [2.05, 4.69) is 10.2 Å². The van der Waals surface area contributed by atoms with Crippen molar-refractivity contribution in [1.29, 1.82) is 0 Å². The highest BCUT2D eigenvalue weighted by molar-refractivity contribution is 7.91. The number of nitrogens with one attached hydrogen (secondary N) is 1. The molecule has 1 saturated heterocycles. The van der Waals surface area contributed by atoms with Crippen LogP contribution in [0.1, 0.15) is 13.8 Å². The van der Waals surface area contributed by atoms with Gasteiger partial charge in [-0.3, -0.25) is 0 Å². The summed E-state index contributed by atoms with van der Waals surface area (Å²) in [6.45, 7) is 8.51. The van der Waals surface area contributed by atoms with E-state index in [0.717, 1.165) is 44.0 Å². The van der Waals surface area contributed by atoms with Crippen molar-refractivity contribution < 1.29 is 17.2 Å². The first-order valence-electron chi connectivity index (χ1n) is 9.42. The van der Waals surface area contributed by atoms with Gasteiger partial charge in [-0.1, -0.05) is 0 Å². The van der Waals surface area contributed by atoms with E-state index in [0.29, 0.717) is 24.8 Å². The number of benzene rings is 2. The molecule has 152 valence electrons. The van der Waals surface area contributed by atoms with Gasteiger partial charge >= 0.3 is 0 Å². The molecule has 0 radical (unpaired) electrons. The van der Waals surface area contributed by atoms with Crippen LogP contribution in [0.3, 0.4) is 0 Å². The summed E-state index contributed by atoms with van der Waals surface area (Å²) in [6, 6.07) is 7.55. The fraction of sp³-hybridized carbons (Fsp3) is 0.400. The van der Waals surface area contributed by atoms with Gasteiger partial charge in [-0.05, 0) is 44.2 Å². The van der Waals surface area contributed by atoms with Crippen molar-refractivity contribution >= 4 is 21.2 Å². The Morgan fingerprint density at radius 3 is 2.18 bits per heavy atom. The summed E-state index contributed by atoms with van der Waals surface area (Å²) in [7, 11) is -4.08. The van der Waals surface area contributed by atoms with Crippen molar-refractivity contribution in [3.63, 3.8) is 0 Å². The van der Waals surface area contributed by atoms with Crippen molar-refractivity contribution in [2.75, 3.05) is 49.1 Å². The smallest absolute Gasteiger partial charge is 0.208 e. The number of halogens is 2. The van der Waals surface area contributed by atoms with E-state index < -0.39 is 21.5 Å². The van der Waals surface area contributed by atoms with Crippen LogP contribution in [0.5, 0.6) is 0 Å². The van der Waals surface area contributed by atoms with Crippen LogP contribution in [0.15, 0.2) is 46.2 Å². The number of piperazine rings is 1. The third-order valence-electron chi connectivity index (χ3n) is 4.96. The molecule has 28 heavy (non-hydrogen) atoms. The number of hydrogen-bond donors (Lipinski definition) is 1. The van der Waals surface area contributed by atoms with Crippen LogP contribution in [0.25, 0.3) is 0 Å². The summed E-state index contributed by atoms with van der Waals surface area (Å²) in [5.41, 5.74) is 1.48. The molecule has 0 aliphatic carbocycles. The topological polar surface area (TPSA) is 52.6 Å². The summed E-state index contributed by atoms with van der Waals surface area (Å²) in [6.07, 6.45) is 0. The Kier molecular flexibility index (Phi) is 6.20. The van der Waals surface area contributed by atoms with Gasteiger partial charge in [0.05, 0.1) is 15.5 Å². The molecule has 2 aromatic carbocycles. The Labute approximate surface area is 164 Å². The highest BCUT2D eigenvalue weighted by Crippen LogP contribution is 2.34. The molecule has 1 N–H and O–H groups in total. The molecule has 2 aromatic rings. The first-order chi connectivity index (χ1) is 13.4. The molecule has 0 bridgehead atoms. The largest absolute Gasteiger partial charge is 0.371 e. The van der Waals surface area contributed by atoms with Crippen molar-refractivity contribution in [3.8, 4) is 0 Å². The van der Waals surface area contributed by atoms with Crippen molar-refractivity contribution in [2.45, 2.75) is 23.6 Å². The lowest BCUT2D eigenvalue weighted by atomic mass is 10.2. The van der Waals surface area contributed by atoms with E-state index in [1.165, 1.54) is 0 Å². The minimum absolute atomic E-state index is 0.0556. The molecule has 1 aliphatic heterocycles. The number of nitrogens with zero attached hydrogens (tertiary/aromatic N) is 2. The van der Waals surface area contributed by atoms with Gasteiger partial charge in [0.2, 0.25) is 9.84 Å². The van der Waals surface area contributed by atoms with Crippen LogP contribution in [0.2, 0.25) is 0 Å². The van der Waals surface area contributed by atoms with E-state index in [1.54, 1.807) is 12.1 Å². The molecule has 0 unspecified atom stereocenters. The highest BCUT2D eigenvalue weighted by atomic mass is 32.2. The predicted molar refractivity (Wildman–Crippen MR) is 107 cm³/mol. The average molecular weight is 410 g/mol. The first-order valence-corrected chi connectivity index (χ1v) is 10.9. The molecule has 0 atom stereocenters. The van der Waals surface area contributed by atoms with Crippen LogP contribution in [0.4, 0.5) is 20.2 Å². The van der Waals surface area contributed by atoms with Gasteiger partial charge < -0.3 is 15.1 Å². The molecule has 5 nitrogen and oxygen atoms in total. The Bertz CT molecular complexity index is 920. The standard InChI is InChI=1S/C20H25F2N3O2S/c1-3-24(4-2)19-14-17(25-9-7-23-8-10-25)5-6-20(19)28(26,27)18-12-15(21)11-16(22)13-18/h5-6,11-14,23H,3-4,7-10H2,1-2H3. The van der Waals surface area contributed by atoms with E-state index >= 15 is 0 Å². The lowest BCUT2D eigenvalue weighted by Gasteiger charge is -2.31. The third kappa shape index (κ3) is 4.12. The zero-order chi connectivity index (χ0) is 20.3. The Morgan fingerprint density at radius 1 is 1.00 bits per heavy atom. The van der Waals surface area contributed by atoms with E-state index in [1.807, 2.05) is 24.8 Å². The van der Waals surface area contributed by atoms with Crippen LogP contribution in [-0.4, -0.2) is 47.7 Å². The lowest BCUT2D eigenvalue weighted by molar-refractivity contribution is 0.567. The molecule has 1 fully saturated rings. The van der Waals surface area contributed by atoms with E-state index in [-0.39, 0.29) is 9.79 Å². The lowest BCUT2D eigenvalue weighted by Crippen LogP contribution is -2.43. The fourth-order valence-electron chi connectivity index (χ4n) is 3.47. The van der Waals surface area contributed by atoms with Crippen LogP contribution >= 0.6 is 0 Å². The second-order valence-electron chi connectivity index (χ2n) is 6.67. The Balaban J connectivity index is 2.12. The SMILES string of the molecule is CCN(CC)c1cc(N2CCNCC2)ccc1S(=O)(=O)c1cc(F)cc(F)c1. The molecule has 3 rings (SSSR count). The third-order valence-corrected chi connectivity index (χ3v) is 6.75. The Hall–Kier alpha value is -2.19. The minimum atomic E-state index is -4.08. The molecule has 0 saturated carbocycles. The predicted octanol–water partition coefficient (Wildman–Crippen LogP) is 3.05. The zero-order valence-corrected chi connectivity index (χ0v) is 16.9. The van der Waals surface area contributed by atoms with E-state index in [9.17, 15) is 17.2 Å². The van der Waals surface area contributed by atoms with Crippen molar-refractivity contribution in [3.05, 3.63) is 48.0 Å². The number of sulfone groups is 1. The van der Waals surface area contributed by atoms with Gasteiger partial charge in [-0.15, -0.1) is 0 Å².